The van der Waals surface area contributed by atoms with Gasteiger partial charge in [0, 0.05) is 24.5 Å². The van der Waals surface area contributed by atoms with E-state index in [0.29, 0.717) is 49.3 Å². The van der Waals surface area contributed by atoms with E-state index in [-0.39, 0.29) is 24.8 Å². The number of halogens is 1. The third kappa shape index (κ3) is 6.87. The molecule has 0 saturated carbocycles. The number of amides is 2. The second kappa shape index (κ2) is 11.9. The van der Waals surface area contributed by atoms with Gasteiger partial charge in [0.05, 0.1) is 0 Å². The number of rotatable bonds is 10. The van der Waals surface area contributed by atoms with Crippen molar-refractivity contribution in [1.29, 1.82) is 0 Å². The van der Waals surface area contributed by atoms with Gasteiger partial charge in [-0.25, -0.2) is 0 Å². The van der Waals surface area contributed by atoms with E-state index in [4.69, 9.17) is 21.1 Å². The topological polar surface area (TPSA) is 67.9 Å². The molecule has 1 atom stereocenters. The van der Waals surface area contributed by atoms with Gasteiger partial charge in [0.25, 0.3) is 0 Å². The van der Waals surface area contributed by atoms with Crippen molar-refractivity contribution in [2.75, 3.05) is 19.8 Å². The first-order valence-electron chi connectivity index (χ1n) is 11.6. The van der Waals surface area contributed by atoms with Gasteiger partial charge in [-0.2, -0.15) is 0 Å². The molecule has 2 aromatic carbocycles. The average Bonchev–Trinajstić information content (AvgIpc) is 2.82. The molecule has 0 radical (unpaired) electrons. The second-order valence-electron chi connectivity index (χ2n) is 8.65. The van der Waals surface area contributed by atoms with E-state index in [2.05, 4.69) is 5.32 Å². The normalized spacial score (nSPS) is 13.5. The summed E-state index contributed by atoms with van der Waals surface area (Å²) < 4.78 is 11.2. The van der Waals surface area contributed by atoms with Gasteiger partial charge in [0.1, 0.15) is 19.3 Å². The summed E-state index contributed by atoms with van der Waals surface area (Å²) in [6, 6.07) is 12.6. The first-order valence-corrected chi connectivity index (χ1v) is 12.0. The molecule has 2 amide bonds. The Labute approximate surface area is 201 Å². The summed E-state index contributed by atoms with van der Waals surface area (Å²) in [5, 5.41) is 3.56. The maximum atomic E-state index is 13.4. The highest BCUT2D eigenvalue weighted by Crippen LogP contribution is 2.31. The minimum atomic E-state index is -0.562. The van der Waals surface area contributed by atoms with Gasteiger partial charge in [-0.15, -0.1) is 0 Å². The van der Waals surface area contributed by atoms with Crippen LogP contribution in [0.25, 0.3) is 0 Å². The Balaban J connectivity index is 1.76. The molecule has 0 fully saturated rings. The van der Waals surface area contributed by atoms with E-state index in [0.717, 1.165) is 16.9 Å². The highest BCUT2D eigenvalue weighted by molar-refractivity contribution is 6.31. The molecule has 33 heavy (non-hydrogen) atoms. The Morgan fingerprint density at radius 1 is 1.09 bits per heavy atom. The minimum absolute atomic E-state index is 0.0867. The predicted octanol–water partition coefficient (Wildman–Crippen LogP) is 4.62. The fourth-order valence-electron chi connectivity index (χ4n) is 3.79. The SMILES string of the molecule is CC[C@@H](C(=O)NCC(C)C)N(Cc1ccccc1Cl)C(=O)CCc1ccc2c(c1)OCCO2. The van der Waals surface area contributed by atoms with E-state index >= 15 is 0 Å². The Kier molecular flexibility index (Phi) is 9.01. The van der Waals surface area contributed by atoms with Crippen LogP contribution < -0.4 is 14.8 Å². The maximum absolute atomic E-state index is 13.4. The van der Waals surface area contributed by atoms with E-state index in [1.54, 1.807) is 11.0 Å². The van der Waals surface area contributed by atoms with Gasteiger partial charge < -0.3 is 19.7 Å². The molecule has 0 aliphatic carbocycles. The van der Waals surface area contributed by atoms with Gasteiger partial charge in [-0.05, 0) is 48.1 Å². The minimum Gasteiger partial charge on any atom is -0.486 e. The van der Waals surface area contributed by atoms with Crippen LogP contribution in [0.5, 0.6) is 11.5 Å². The Morgan fingerprint density at radius 3 is 2.52 bits per heavy atom. The zero-order valence-electron chi connectivity index (χ0n) is 19.6. The third-order valence-corrected chi connectivity index (χ3v) is 5.97. The van der Waals surface area contributed by atoms with Gasteiger partial charge in [0.15, 0.2) is 11.5 Å². The lowest BCUT2D eigenvalue weighted by Gasteiger charge is -2.31. The summed E-state index contributed by atoms with van der Waals surface area (Å²) >= 11 is 6.38. The van der Waals surface area contributed by atoms with Crippen molar-refractivity contribution in [1.82, 2.24) is 10.2 Å². The summed E-state index contributed by atoms with van der Waals surface area (Å²) in [5.74, 6) is 1.54. The number of benzene rings is 2. The second-order valence-corrected chi connectivity index (χ2v) is 9.06. The zero-order valence-corrected chi connectivity index (χ0v) is 20.4. The number of hydrogen-bond donors (Lipinski definition) is 1. The molecule has 2 aromatic rings. The van der Waals surface area contributed by atoms with Crippen molar-refractivity contribution < 1.29 is 19.1 Å². The van der Waals surface area contributed by atoms with Crippen molar-refractivity contribution >= 4 is 23.4 Å². The Morgan fingerprint density at radius 2 is 1.82 bits per heavy atom. The van der Waals surface area contributed by atoms with Crippen LogP contribution in [0, 0.1) is 5.92 Å². The molecule has 0 aromatic heterocycles. The monoisotopic (exact) mass is 472 g/mol. The summed E-state index contributed by atoms with van der Waals surface area (Å²) in [6.45, 7) is 7.92. The van der Waals surface area contributed by atoms with Crippen LogP contribution in [0.1, 0.15) is 44.7 Å². The van der Waals surface area contributed by atoms with Crippen LogP contribution in [-0.4, -0.2) is 42.5 Å². The first kappa shape index (κ1) is 24.9. The Bertz CT molecular complexity index is 963. The van der Waals surface area contributed by atoms with Crippen molar-refractivity contribution in [3.63, 3.8) is 0 Å². The number of hydrogen-bond acceptors (Lipinski definition) is 4. The predicted molar refractivity (Wildman–Crippen MR) is 130 cm³/mol. The van der Waals surface area contributed by atoms with Crippen LogP contribution >= 0.6 is 11.6 Å². The number of nitrogens with one attached hydrogen (secondary N) is 1. The molecule has 0 spiro atoms. The highest BCUT2D eigenvalue weighted by Gasteiger charge is 2.29. The third-order valence-electron chi connectivity index (χ3n) is 5.60. The van der Waals surface area contributed by atoms with Crippen molar-refractivity contribution in [3.05, 3.63) is 58.6 Å². The quantitative estimate of drug-likeness (QED) is 0.547. The fourth-order valence-corrected chi connectivity index (χ4v) is 3.99. The maximum Gasteiger partial charge on any atom is 0.242 e. The number of ether oxygens (including phenoxy) is 2. The summed E-state index contributed by atoms with van der Waals surface area (Å²) in [6.07, 6.45) is 1.33. The summed E-state index contributed by atoms with van der Waals surface area (Å²) in [7, 11) is 0. The largest absolute Gasteiger partial charge is 0.486 e. The van der Waals surface area contributed by atoms with Gasteiger partial charge in [0.2, 0.25) is 11.8 Å². The van der Waals surface area contributed by atoms with Crippen LogP contribution in [0.2, 0.25) is 5.02 Å². The molecule has 6 nitrogen and oxygen atoms in total. The molecule has 0 bridgehead atoms. The molecule has 1 heterocycles. The molecule has 178 valence electrons. The molecule has 1 N–H and O–H groups in total. The van der Waals surface area contributed by atoms with E-state index < -0.39 is 6.04 Å². The van der Waals surface area contributed by atoms with Crippen LogP contribution in [0.15, 0.2) is 42.5 Å². The molecule has 1 aliphatic rings. The van der Waals surface area contributed by atoms with Crippen molar-refractivity contribution in [2.24, 2.45) is 5.92 Å². The van der Waals surface area contributed by atoms with E-state index in [1.165, 1.54) is 0 Å². The highest BCUT2D eigenvalue weighted by atomic mass is 35.5. The lowest BCUT2D eigenvalue weighted by molar-refractivity contribution is -0.141. The molecular formula is C26H33ClN2O4. The number of nitrogens with zero attached hydrogens (tertiary/aromatic N) is 1. The molecule has 3 rings (SSSR count). The van der Waals surface area contributed by atoms with Crippen molar-refractivity contribution in [2.45, 2.75) is 52.6 Å². The summed E-state index contributed by atoms with van der Waals surface area (Å²) in [4.78, 5) is 28.0. The van der Waals surface area contributed by atoms with Gasteiger partial charge in [-0.3, -0.25) is 9.59 Å². The van der Waals surface area contributed by atoms with Crippen molar-refractivity contribution in [3.8, 4) is 11.5 Å². The van der Waals surface area contributed by atoms with E-state index in [1.807, 2.05) is 57.2 Å². The lowest BCUT2D eigenvalue weighted by atomic mass is 10.1. The average molecular weight is 473 g/mol. The number of aryl methyl sites for hydroxylation is 1. The molecular weight excluding hydrogens is 440 g/mol. The molecule has 0 unspecified atom stereocenters. The number of fused-ring (bicyclic) bond motifs is 1. The first-order chi connectivity index (χ1) is 15.9. The van der Waals surface area contributed by atoms with Crippen LogP contribution in [-0.2, 0) is 22.6 Å². The molecule has 0 saturated heterocycles. The number of carbonyl (C=O) groups excluding carboxylic acids is 2. The zero-order chi connectivity index (χ0) is 23.8. The summed E-state index contributed by atoms with van der Waals surface area (Å²) in [5.41, 5.74) is 1.81. The molecule has 7 heteroatoms. The fraction of sp³-hybridized carbons (Fsp3) is 0.462. The van der Waals surface area contributed by atoms with Crippen LogP contribution in [0.3, 0.4) is 0 Å². The lowest BCUT2D eigenvalue weighted by Crippen LogP contribution is -2.49. The van der Waals surface area contributed by atoms with Gasteiger partial charge >= 0.3 is 0 Å². The smallest absolute Gasteiger partial charge is 0.242 e. The number of carbonyl (C=O) groups is 2. The van der Waals surface area contributed by atoms with Gasteiger partial charge in [-0.1, -0.05) is 56.6 Å². The molecule has 1 aliphatic heterocycles. The standard InChI is InChI=1S/C26H33ClN2O4/c1-4-22(26(31)28-16-18(2)3)29(17-20-7-5-6-8-21(20)27)25(30)12-10-19-9-11-23-24(15-19)33-14-13-32-23/h5-9,11,15,18,22H,4,10,12-14,16-17H2,1-3H3,(H,28,31)/t22-/m0/s1. The Hall–Kier alpha value is -2.73. The van der Waals surface area contributed by atoms with E-state index in [9.17, 15) is 9.59 Å². The van der Waals surface area contributed by atoms with Crippen LogP contribution in [0.4, 0.5) is 0 Å².